The average Bonchev–Trinajstić information content (AvgIpc) is 2.82. The van der Waals surface area contributed by atoms with E-state index >= 15 is 0 Å². The molecule has 0 aliphatic heterocycles. The number of rotatable bonds is 3. The van der Waals surface area contributed by atoms with Crippen LogP contribution in [-0.2, 0) is 12.8 Å². The number of aliphatic hydroxyl groups is 1. The van der Waals surface area contributed by atoms with E-state index < -0.39 is 6.10 Å². The molecule has 4 nitrogen and oxygen atoms in total. The van der Waals surface area contributed by atoms with Crippen molar-refractivity contribution in [2.24, 2.45) is 0 Å². The van der Waals surface area contributed by atoms with Crippen LogP contribution in [0, 0.1) is 0 Å². The van der Waals surface area contributed by atoms with Crippen LogP contribution in [0.3, 0.4) is 0 Å². The van der Waals surface area contributed by atoms with Gasteiger partial charge in [-0.1, -0.05) is 0 Å². The lowest BCUT2D eigenvalue weighted by Crippen LogP contribution is -2.30. The van der Waals surface area contributed by atoms with Gasteiger partial charge < -0.3 is 15.4 Å². The zero-order chi connectivity index (χ0) is 14.1. The van der Waals surface area contributed by atoms with Gasteiger partial charge in [0.2, 0.25) is 0 Å². The Labute approximate surface area is 118 Å². The summed E-state index contributed by atoms with van der Waals surface area (Å²) < 4.78 is 0. The maximum absolute atomic E-state index is 12.1. The van der Waals surface area contributed by atoms with E-state index in [2.05, 4.69) is 10.3 Å². The predicted octanol–water partition coefficient (Wildman–Crippen LogP) is 2.16. The number of hydrogen-bond donors (Lipinski definition) is 3. The topological polar surface area (TPSA) is 65.1 Å². The Hall–Kier alpha value is -1.81. The third-order valence-corrected chi connectivity index (χ3v) is 3.92. The average molecular weight is 272 g/mol. The number of benzene rings is 1. The van der Waals surface area contributed by atoms with Gasteiger partial charge in [0.05, 0.1) is 6.10 Å². The Morgan fingerprint density at radius 1 is 1.40 bits per heavy atom. The highest BCUT2D eigenvalue weighted by atomic mass is 16.3. The number of nitrogens with one attached hydrogen (secondary N) is 2. The van der Waals surface area contributed by atoms with Gasteiger partial charge in [0.1, 0.15) is 0 Å². The van der Waals surface area contributed by atoms with E-state index in [4.69, 9.17) is 0 Å². The summed E-state index contributed by atoms with van der Waals surface area (Å²) in [6, 6.07) is 5.78. The first-order valence-electron chi connectivity index (χ1n) is 7.25. The minimum absolute atomic E-state index is 0.126. The quantitative estimate of drug-likeness (QED) is 0.801. The fourth-order valence-electron chi connectivity index (χ4n) is 2.89. The van der Waals surface area contributed by atoms with Crippen LogP contribution in [0.25, 0.3) is 10.9 Å². The van der Waals surface area contributed by atoms with Crippen LogP contribution in [0.15, 0.2) is 18.2 Å². The molecule has 1 aliphatic carbocycles. The lowest BCUT2D eigenvalue weighted by Gasteiger charge is -2.11. The molecule has 1 atom stereocenters. The van der Waals surface area contributed by atoms with Gasteiger partial charge >= 0.3 is 0 Å². The molecule has 1 aromatic heterocycles. The maximum Gasteiger partial charge on any atom is 0.251 e. The van der Waals surface area contributed by atoms with E-state index in [1.807, 2.05) is 18.2 Å². The van der Waals surface area contributed by atoms with E-state index in [0.29, 0.717) is 5.56 Å². The van der Waals surface area contributed by atoms with Crippen molar-refractivity contribution in [3.05, 3.63) is 35.0 Å². The predicted molar refractivity (Wildman–Crippen MR) is 79.0 cm³/mol. The van der Waals surface area contributed by atoms with Crippen molar-refractivity contribution in [3.8, 4) is 0 Å². The van der Waals surface area contributed by atoms with Gasteiger partial charge in [0, 0.05) is 28.7 Å². The Kier molecular flexibility index (Phi) is 3.49. The first-order valence-corrected chi connectivity index (χ1v) is 7.25. The summed E-state index contributed by atoms with van der Waals surface area (Å²) >= 11 is 0. The molecule has 4 heteroatoms. The standard InChI is InChI=1S/C16H20N2O2/c1-10(19)9-17-16(20)11-6-7-15-13(8-11)12-4-2-3-5-14(12)18-15/h6-8,10,18-19H,2-5,9H2,1H3,(H,17,20)/t10-/m0/s1. The van der Waals surface area contributed by atoms with Crippen LogP contribution in [-0.4, -0.2) is 28.6 Å². The van der Waals surface area contributed by atoms with Gasteiger partial charge in [0.25, 0.3) is 5.91 Å². The van der Waals surface area contributed by atoms with Crippen molar-refractivity contribution in [3.63, 3.8) is 0 Å². The second-order valence-electron chi connectivity index (χ2n) is 5.61. The summed E-state index contributed by atoms with van der Waals surface area (Å²) in [5, 5.41) is 13.1. The van der Waals surface area contributed by atoms with Crippen molar-refractivity contribution >= 4 is 16.8 Å². The minimum Gasteiger partial charge on any atom is -0.392 e. The molecular formula is C16H20N2O2. The first-order chi connectivity index (χ1) is 9.65. The number of hydrogen-bond acceptors (Lipinski definition) is 2. The highest BCUT2D eigenvalue weighted by Crippen LogP contribution is 2.29. The monoisotopic (exact) mass is 272 g/mol. The van der Waals surface area contributed by atoms with Gasteiger partial charge in [-0.05, 0) is 56.4 Å². The van der Waals surface area contributed by atoms with Crippen molar-refractivity contribution in [2.75, 3.05) is 6.54 Å². The molecule has 0 bridgehead atoms. The van der Waals surface area contributed by atoms with Gasteiger partial charge in [0.15, 0.2) is 0 Å². The lowest BCUT2D eigenvalue weighted by atomic mass is 9.95. The molecule has 1 aliphatic rings. The molecular weight excluding hydrogens is 252 g/mol. The zero-order valence-electron chi connectivity index (χ0n) is 11.7. The molecule has 1 aromatic carbocycles. The molecule has 2 aromatic rings. The molecule has 0 saturated carbocycles. The van der Waals surface area contributed by atoms with E-state index in [9.17, 15) is 9.90 Å². The largest absolute Gasteiger partial charge is 0.392 e. The number of H-pyrrole nitrogens is 1. The van der Waals surface area contributed by atoms with Crippen molar-refractivity contribution in [2.45, 2.75) is 38.7 Å². The molecule has 3 rings (SSSR count). The number of fused-ring (bicyclic) bond motifs is 3. The second-order valence-corrected chi connectivity index (χ2v) is 5.61. The Bertz CT molecular complexity index is 643. The van der Waals surface area contributed by atoms with Crippen LogP contribution in [0.1, 0.15) is 41.4 Å². The number of carbonyl (C=O) groups is 1. The number of aliphatic hydroxyl groups excluding tert-OH is 1. The Morgan fingerprint density at radius 3 is 3.00 bits per heavy atom. The summed E-state index contributed by atoms with van der Waals surface area (Å²) in [4.78, 5) is 15.5. The number of aryl methyl sites for hydroxylation is 2. The van der Waals surface area contributed by atoms with E-state index in [0.717, 1.165) is 18.4 Å². The highest BCUT2D eigenvalue weighted by Gasteiger charge is 2.16. The van der Waals surface area contributed by atoms with Crippen LogP contribution in [0.2, 0.25) is 0 Å². The van der Waals surface area contributed by atoms with Gasteiger partial charge in [-0.15, -0.1) is 0 Å². The fraction of sp³-hybridized carbons (Fsp3) is 0.438. The summed E-state index contributed by atoms with van der Waals surface area (Å²) in [7, 11) is 0. The van der Waals surface area contributed by atoms with Gasteiger partial charge in [-0.2, -0.15) is 0 Å². The van der Waals surface area contributed by atoms with E-state index in [1.165, 1.54) is 29.5 Å². The van der Waals surface area contributed by atoms with Crippen LogP contribution >= 0.6 is 0 Å². The highest BCUT2D eigenvalue weighted by molar-refractivity contribution is 5.99. The molecule has 3 N–H and O–H groups in total. The molecule has 106 valence electrons. The SMILES string of the molecule is C[C@H](O)CNC(=O)c1ccc2[nH]c3c(c2c1)CCCC3. The zero-order valence-corrected chi connectivity index (χ0v) is 11.7. The molecule has 1 amide bonds. The van der Waals surface area contributed by atoms with Gasteiger partial charge in [-0.25, -0.2) is 0 Å². The molecule has 20 heavy (non-hydrogen) atoms. The number of carbonyl (C=O) groups excluding carboxylic acids is 1. The number of amides is 1. The second kappa shape index (κ2) is 5.29. The fourth-order valence-corrected chi connectivity index (χ4v) is 2.89. The van der Waals surface area contributed by atoms with Crippen molar-refractivity contribution in [1.29, 1.82) is 0 Å². The van der Waals surface area contributed by atoms with Crippen LogP contribution in [0.4, 0.5) is 0 Å². The molecule has 0 fully saturated rings. The summed E-state index contributed by atoms with van der Waals surface area (Å²) in [5.41, 5.74) is 4.47. The smallest absolute Gasteiger partial charge is 0.251 e. The van der Waals surface area contributed by atoms with Gasteiger partial charge in [-0.3, -0.25) is 4.79 Å². The normalized spacial score (nSPS) is 15.9. The number of aromatic amines is 1. The maximum atomic E-state index is 12.1. The van der Waals surface area contributed by atoms with Crippen molar-refractivity contribution in [1.82, 2.24) is 10.3 Å². The Balaban J connectivity index is 1.91. The minimum atomic E-state index is -0.525. The van der Waals surface area contributed by atoms with Crippen molar-refractivity contribution < 1.29 is 9.90 Å². The molecule has 0 saturated heterocycles. The van der Waals surface area contributed by atoms with Crippen LogP contribution in [0.5, 0.6) is 0 Å². The summed E-state index contributed by atoms with van der Waals surface area (Å²) in [6.45, 7) is 1.94. The van der Waals surface area contributed by atoms with E-state index in [-0.39, 0.29) is 12.5 Å². The number of aromatic nitrogens is 1. The molecule has 0 spiro atoms. The molecule has 0 radical (unpaired) electrons. The van der Waals surface area contributed by atoms with E-state index in [1.54, 1.807) is 6.92 Å². The Morgan fingerprint density at radius 2 is 2.20 bits per heavy atom. The first kappa shape index (κ1) is 13.2. The summed E-state index contributed by atoms with van der Waals surface area (Å²) in [6.07, 6.45) is 4.13. The lowest BCUT2D eigenvalue weighted by molar-refractivity contribution is 0.0924. The summed E-state index contributed by atoms with van der Waals surface area (Å²) in [5.74, 6) is -0.126. The molecule has 0 unspecified atom stereocenters. The van der Waals surface area contributed by atoms with Crippen LogP contribution < -0.4 is 5.32 Å². The third kappa shape index (κ3) is 2.43. The third-order valence-electron chi connectivity index (χ3n) is 3.92. The molecule has 1 heterocycles.